The molecule has 0 unspecified atom stereocenters. The average Bonchev–Trinajstić information content (AvgIpc) is 2.99. The molecule has 1 aliphatic heterocycles. The number of thioether (sulfide) groups is 1. The summed E-state index contributed by atoms with van der Waals surface area (Å²) in [7, 11) is 1.25. The van der Waals surface area contributed by atoms with Crippen LogP contribution in [0.3, 0.4) is 0 Å². The maximum Gasteiger partial charge on any atom is 0.344 e. The number of benzene rings is 2. The SMILES string of the molecule is CCOc1cc(/C=C2/SC(=Nc3ccccc3)C(C(=O)OC)=C2O)ccc1O. The van der Waals surface area contributed by atoms with Crippen molar-refractivity contribution in [2.24, 2.45) is 4.99 Å². The Morgan fingerprint density at radius 1 is 1.18 bits per heavy atom. The maximum absolute atomic E-state index is 12.2. The number of hydrogen-bond acceptors (Lipinski definition) is 7. The molecule has 2 N–H and O–H groups in total. The van der Waals surface area contributed by atoms with Gasteiger partial charge in [0.2, 0.25) is 0 Å². The molecule has 0 atom stereocenters. The van der Waals surface area contributed by atoms with Crippen molar-refractivity contribution in [2.75, 3.05) is 13.7 Å². The number of para-hydroxylation sites is 1. The summed E-state index contributed by atoms with van der Waals surface area (Å²) in [6, 6.07) is 14.0. The van der Waals surface area contributed by atoms with Gasteiger partial charge in [0.05, 0.1) is 24.3 Å². The number of aliphatic imine (C=N–C) groups is 1. The number of rotatable bonds is 5. The zero-order valence-electron chi connectivity index (χ0n) is 15.4. The number of aliphatic hydroxyl groups excluding tert-OH is 1. The number of carbonyl (C=O) groups is 1. The normalized spacial score (nSPS) is 16.6. The van der Waals surface area contributed by atoms with E-state index in [1.807, 2.05) is 25.1 Å². The molecule has 2 aromatic carbocycles. The lowest BCUT2D eigenvalue weighted by atomic mass is 10.1. The van der Waals surface area contributed by atoms with Crippen molar-refractivity contribution in [3.05, 3.63) is 70.3 Å². The number of nitrogens with zero attached hydrogens (tertiary/aromatic N) is 1. The van der Waals surface area contributed by atoms with E-state index < -0.39 is 5.97 Å². The third kappa shape index (κ3) is 4.20. The Labute approximate surface area is 166 Å². The van der Waals surface area contributed by atoms with Gasteiger partial charge in [-0.05, 0) is 42.8 Å². The van der Waals surface area contributed by atoms with Crippen LogP contribution in [0.4, 0.5) is 5.69 Å². The molecule has 1 aliphatic rings. The number of phenolic OH excluding ortho intramolecular Hbond substituents is 1. The minimum Gasteiger partial charge on any atom is -0.506 e. The zero-order chi connectivity index (χ0) is 20.1. The Bertz CT molecular complexity index is 980. The Kier molecular flexibility index (Phi) is 6.06. The van der Waals surface area contributed by atoms with E-state index >= 15 is 0 Å². The van der Waals surface area contributed by atoms with Crippen LogP contribution in [0.25, 0.3) is 6.08 Å². The molecule has 144 valence electrons. The van der Waals surface area contributed by atoms with E-state index in [-0.39, 0.29) is 17.1 Å². The van der Waals surface area contributed by atoms with E-state index in [0.29, 0.717) is 33.6 Å². The number of phenols is 1. The van der Waals surface area contributed by atoms with E-state index in [1.54, 1.807) is 30.3 Å². The fourth-order valence-corrected chi connectivity index (χ4v) is 3.59. The van der Waals surface area contributed by atoms with Crippen LogP contribution in [-0.2, 0) is 9.53 Å². The number of methoxy groups -OCH3 is 1. The van der Waals surface area contributed by atoms with Gasteiger partial charge >= 0.3 is 5.97 Å². The standard InChI is InChI=1S/C21H19NO5S/c1-3-27-16-11-13(9-10-15(16)23)12-17-19(24)18(21(25)26-2)20(28-17)22-14-7-5-4-6-8-14/h4-12,23-24H,3H2,1-2H3/b17-12+,22-20?. The minimum absolute atomic E-state index is 0.0198. The Morgan fingerprint density at radius 3 is 2.61 bits per heavy atom. The molecule has 0 saturated heterocycles. The number of aliphatic hydroxyl groups is 1. The van der Waals surface area contributed by atoms with Crippen LogP contribution in [0.2, 0.25) is 0 Å². The monoisotopic (exact) mass is 397 g/mol. The molecule has 6 nitrogen and oxygen atoms in total. The van der Waals surface area contributed by atoms with Gasteiger partial charge in [-0.15, -0.1) is 0 Å². The summed E-state index contributed by atoms with van der Waals surface area (Å²) < 4.78 is 10.2. The summed E-state index contributed by atoms with van der Waals surface area (Å²) in [5.41, 5.74) is 1.37. The topological polar surface area (TPSA) is 88.4 Å². The minimum atomic E-state index is -0.663. The van der Waals surface area contributed by atoms with Gasteiger partial charge in [0.25, 0.3) is 0 Å². The van der Waals surface area contributed by atoms with E-state index in [4.69, 9.17) is 9.47 Å². The van der Waals surface area contributed by atoms with Gasteiger partial charge in [-0.2, -0.15) is 0 Å². The van der Waals surface area contributed by atoms with Crippen molar-refractivity contribution in [3.63, 3.8) is 0 Å². The average molecular weight is 397 g/mol. The second-order valence-electron chi connectivity index (χ2n) is 5.74. The van der Waals surface area contributed by atoms with Crippen molar-refractivity contribution in [1.82, 2.24) is 0 Å². The molecule has 0 amide bonds. The van der Waals surface area contributed by atoms with E-state index in [9.17, 15) is 15.0 Å². The summed E-state index contributed by atoms with van der Waals surface area (Å²) in [6.07, 6.45) is 1.69. The van der Waals surface area contributed by atoms with Crippen molar-refractivity contribution >= 4 is 34.5 Å². The summed E-state index contributed by atoms with van der Waals surface area (Å²) in [5.74, 6) is -0.486. The van der Waals surface area contributed by atoms with Crippen LogP contribution in [0.5, 0.6) is 11.5 Å². The predicted molar refractivity (Wildman–Crippen MR) is 110 cm³/mol. The fourth-order valence-electron chi connectivity index (χ4n) is 2.55. The van der Waals surface area contributed by atoms with Crippen LogP contribution in [0.15, 0.2) is 69.8 Å². The lowest BCUT2D eigenvalue weighted by Crippen LogP contribution is -2.10. The van der Waals surface area contributed by atoms with Gasteiger partial charge in [-0.25, -0.2) is 9.79 Å². The number of esters is 1. The summed E-state index contributed by atoms with van der Waals surface area (Å²) >= 11 is 1.17. The summed E-state index contributed by atoms with van der Waals surface area (Å²) in [4.78, 5) is 17.1. The molecule has 2 aromatic rings. The summed E-state index contributed by atoms with van der Waals surface area (Å²) in [5, 5.41) is 20.8. The number of ether oxygens (including phenoxy) is 2. The van der Waals surface area contributed by atoms with Crippen molar-refractivity contribution in [2.45, 2.75) is 6.92 Å². The molecule has 7 heteroatoms. The van der Waals surface area contributed by atoms with Crippen LogP contribution in [0, 0.1) is 0 Å². The second kappa shape index (κ2) is 8.67. The molecule has 1 heterocycles. The molecule has 0 spiro atoms. The van der Waals surface area contributed by atoms with Crippen molar-refractivity contribution in [3.8, 4) is 11.5 Å². The molecule has 0 bridgehead atoms. The molecule has 0 aromatic heterocycles. The number of aromatic hydroxyl groups is 1. The number of carbonyl (C=O) groups excluding carboxylic acids is 1. The third-order valence-electron chi connectivity index (χ3n) is 3.85. The zero-order valence-corrected chi connectivity index (χ0v) is 16.2. The number of hydrogen-bond donors (Lipinski definition) is 2. The maximum atomic E-state index is 12.2. The first-order chi connectivity index (χ1) is 13.5. The first kappa shape index (κ1) is 19.6. The quantitative estimate of drug-likeness (QED) is 0.717. The molecule has 0 saturated carbocycles. The molecule has 3 rings (SSSR count). The van der Waals surface area contributed by atoms with Gasteiger partial charge < -0.3 is 19.7 Å². The molecular formula is C21H19NO5S. The highest BCUT2D eigenvalue weighted by molar-refractivity contribution is 8.18. The van der Waals surface area contributed by atoms with Crippen LogP contribution in [-0.4, -0.2) is 34.9 Å². The van der Waals surface area contributed by atoms with Crippen LogP contribution >= 0.6 is 11.8 Å². The van der Waals surface area contributed by atoms with E-state index in [1.165, 1.54) is 24.9 Å². The largest absolute Gasteiger partial charge is 0.506 e. The fraction of sp³-hybridized carbons (Fsp3) is 0.143. The smallest absolute Gasteiger partial charge is 0.344 e. The van der Waals surface area contributed by atoms with Crippen molar-refractivity contribution in [1.29, 1.82) is 0 Å². The Morgan fingerprint density at radius 2 is 1.93 bits per heavy atom. The molecular weight excluding hydrogens is 378 g/mol. The lowest BCUT2D eigenvalue weighted by molar-refractivity contribution is -0.135. The Hall–Kier alpha value is -3.19. The molecule has 0 fully saturated rings. The predicted octanol–water partition coefficient (Wildman–Crippen LogP) is 4.59. The van der Waals surface area contributed by atoms with Gasteiger partial charge in [-0.3, -0.25) is 0 Å². The lowest BCUT2D eigenvalue weighted by Gasteiger charge is -2.06. The molecule has 0 aliphatic carbocycles. The van der Waals surface area contributed by atoms with E-state index in [2.05, 4.69) is 4.99 Å². The highest BCUT2D eigenvalue weighted by Crippen LogP contribution is 2.40. The first-order valence-electron chi connectivity index (χ1n) is 8.55. The second-order valence-corrected chi connectivity index (χ2v) is 6.77. The van der Waals surface area contributed by atoms with Crippen molar-refractivity contribution < 1.29 is 24.5 Å². The summed E-state index contributed by atoms with van der Waals surface area (Å²) in [6.45, 7) is 2.23. The van der Waals surface area contributed by atoms with Gasteiger partial charge in [-0.1, -0.05) is 36.0 Å². The highest BCUT2D eigenvalue weighted by atomic mass is 32.2. The molecule has 0 radical (unpaired) electrons. The van der Waals surface area contributed by atoms with Gasteiger partial charge in [0, 0.05) is 0 Å². The first-order valence-corrected chi connectivity index (χ1v) is 9.36. The van der Waals surface area contributed by atoms with Crippen LogP contribution < -0.4 is 4.74 Å². The van der Waals surface area contributed by atoms with Gasteiger partial charge in [0.15, 0.2) is 11.5 Å². The van der Waals surface area contributed by atoms with Gasteiger partial charge in [0.1, 0.15) is 16.4 Å². The highest BCUT2D eigenvalue weighted by Gasteiger charge is 2.33. The van der Waals surface area contributed by atoms with E-state index in [0.717, 1.165) is 0 Å². The Balaban J connectivity index is 2.02. The third-order valence-corrected chi connectivity index (χ3v) is 4.87. The molecule has 28 heavy (non-hydrogen) atoms. The van der Waals surface area contributed by atoms with Crippen LogP contribution in [0.1, 0.15) is 12.5 Å².